The monoisotopic (exact) mass is 172 g/mol. The van der Waals surface area contributed by atoms with Crippen LogP contribution in [0.5, 0.6) is 0 Å². The molecule has 1 fully saturated rings. The molecular formula is C8H16N2O2. The van der Waals surface area contributed by atoms with Crippen molar-refractivity contribution in [2.24, 2.45) is 5.92 Å². The Kier molecular flexibility index (Phi) is 3.49. The molecule has 0 aromatic carbocycles. The van der Waals surface area contributed by atoms with Crippen molar-refractivity contribution in [1.29, 1.82) is 0 Å². The van der Waals surface area contributed by atoms with Crippen molar-refractivity contribution in [2.75, 3.05) is 19.7 Å². The molecule has 70 valence electrons. The van der Waals surface area contributed by atoms with Gasteiger partial charge in [-0.25, -0.2) is 0 Å². The zero-order chi connectivity index (χ0) is 8.97. The number of rotatable bonds is 4. The van der Waals surface area contributed by atoms with E-state index in [1.807, 2.05) is 6.92 Å². The minimum atomic E-state index is 0.0862. The summed E-state index contributed by atoms with van der Waals surface area (Å²) < 4.78 is 0. The lowest BCUT2D eigenvalue weighted by atomic mass is 10.0. The SMILES string of the molecule is CC(CCO)NC(=O)C1CNC1. The van der Waals surface area contributed by atoms with Crippen molar-refractivity contribution >= 4 is 5.91 Å². The first-order valence-electron chi connectivity index (χ1n) is 4.36. The highest BCUT2D eigenvalue weighted by molar-refractivity contribution is 5.80. The molecule has 0 aromatic rings. The molecular weight excluding hydrogens is 156 g/mol. The maximum Gasteiger partial charge on any atom is 0.225 e. The topological polar surface area (TPSA) is 61.4 Å². The number of aliphatic hydroxyl groups excluding tert-OH is 1. The number of carbonyl (C=O) groups is 1. The summed E-state index contributed by atoms with van der Waals surface area (Å²) in [6.07, 6.45) is 0.631. The standard InChI is InChI=1S/C8H16N2O2/c1-6(2-3-11)10-8(12)7-4-9-5-7/h6-7,9,11H,2-5H2,1H3,(H,10,12). The average Bonchev–Trinajstić information content (AvgIpc) is 1.82. The van der Waals surface area contributed by atoms with Crippen molar-refractivity contribution in [1.82, 2.24) is 10.6 Å². The second kappa shape index (κ2) is 4.42. The van der Waals surface area contributed by atoms with Crippen LogP contribution < -0.4 is 10.6 Å². The number of nitrogens with one attached hydrogen (secondary N) is 2. The van der Waals surface area contributed by atoms with E-state index in [1.54, 1.807) is 0 Å². The fraction of sp³-hybridized carbons (Fsp3) is 0.875. The first-order chi connectivity index (χ1) is 5.74. The summed E-state index contributed by atoms with van der Waals surface area (Å²) in [4.78, 5) is 11.3. The lowest BCUT2D eigenvalue weighted by molar-refractivity contribution is -0.127. The minimum absolute atomic E-state index is 0.0862. The van der Waals surface area contributed by atoms with Crippen LogP contribution in [0.2, 0.25) is 0 Å². The smallest absolute Gasteiger partial charge is 0.225 e. The van der Waals surface area contributed by atoms with E-state index in [0.29, 0.717) is 6.42 Å². The Hall–Kier alpha value is -0.610. The highest BCUT2D eigenvalue weighted by atomic mass is 16.3. The van der Waals surface area contributed by atoms with Gasteiger partial charge in [0.05, 0.1) is 5.92 Å². The predicted octanol–water partition coefficient (Wildman–Crippen LogP) is -0.907. The summed E-state index contributed by atoms with van der Waals surface area (Å²) in [5.74, 6) is 0.251. The molecule has 4 heteroatoms. The molecule has 1 rings (SSSR count). The molecule has 1 unspecified atom stereocenters. The average molecular weight is 172 g/mol. The van der Waals surface area contributed by atoms with E-state index in [1.165, 1.54) is 0 Å². The lowest BCUT2D eigenvalue weighted by Crippen LogP contribution is -2.52. The number of hydrogen-bond acceptors (Lipinski definition) is 3. The Morgan fingerprint density at radius 2 is 2.42 bits per heavy atom. The van der Waals surface area contributed by atoms with Gasteiger partial charge in [0.2, 0.25) is 5.91 Å². The van der Waals surface area contributed by atoms with Crippen LogP contribution in [0.3, 0.4) is 0 Å². The second-order valence-electron chi connectivity index (χ2n) is 3.28. The molecule has 1 amide bonds. The van der Waals surface area contributed by atoms with Crippen molar-refractivity contribution in [2.45, 2.75) is 19.4 Å². The van der Waals surface area contributed by atoms with Crippen LogP contribution in [0.4, 0.5) is 0 Å². The Morgan fingerprint density at radius 3 is 2.83 bits per heavy atom. The fourth-order valence-corrected chi connectivity index (χ4v) is 1.10. The van der Waals surface area contributed by atoms with Gasteiger partial charge in [-0.3, -0.25) is 4.79 Å². The Balaban J connectivity index is 2.15. The molecule has 1 aliphatic heterocycles. The Morgan fingerprint density at radius 1 is 1.75 bits per heavy atom. The third-order valence-corrected chi connectivity index (χ3v) is 2.10. The first kappa shape index (κ1) is 9.48. The molecule has 1 saturated heterocycles. The van der Waals surface area contributed by atoms with Crippen LogP contribution in [0.1, 0.15) is 13.3 Å². The molecule has 0 aromatic heterocycles. The van der Waals surface area contributed by atoms with E-state index >= 15 is 0 Å². The van der Waals surface area contributed by atoms with Crippen LogP contribution >= 0.6 is 0 Å². The second-order valence-corrected chi connectivity index (χ2v) is 3.28. The van der Waals surface area contributed by atoms with Gasteiger partial charge in [-0.2, -0.15) is 0 Å². The van der Waals surface area contributed by atoms with Crippen LogP contribution in [-0.4, -0.2) is 36.8 Å². The third kappa shape index (κ3) is 2.46. The van der Waals surface area contributed by atoms with Gasteiger partial charge in [-0.05, 0) is 13.3 Å². The van der Waals surface area contributed by atoms with Gasteiger partial charge in [-0.1, -0.05) is 0 Å². The molecule has 1 aliphatic rings. The summed E-state index contributed by atoms with van der Waals surface area (Å²) in [6.45, 7) is 3.61. The summed E-state index contributed by atoms with van der Waals surface area (Å²) in [7, 11) is 0. The van der Waals surface area contributed by atoms with Crippen molar-refractivity contribution in [3.05, 3.63) is 0 Å². The Labute approximate surface area is 72.3 Å². The van der Waals surface area contributed by atoms with Crippen molar-refractivity contribution in [3.8, 4) is 0 Å². The van der Waals surface area contributed by atoms with Crippen LogP contribution in [0.15, 0.2) is 0 Å². The van der Waals surface area contributed by atoms with E-state index < -0.39 is 0 Å². The van der Waals surface area contributed by atoms with E-state index in [2.05, 4.69) is 10.6 Å². The van der Waals surface area contributed by atoms with Gasteiger partial charge in [0.25, 0.3) is 0 Å². The number of carbonyl (C=O) groups excluding carboxylic acids is 1. The van der Waals surface area contributed by atoms with Gasteiger partial charge in [-0.15, -0.1) is 0 Å². The molecule has 0 bridgehead atoms. The Bertz CT molecular complexity index is 157. The molecule has 12 heavy (non-hydrogen) atoms. The van der Waals surface area contributed by atoms with E-state index in [9.17, 15) is 4.79 Å². The van der Waals surface area contributed by atoms with Crippen LogP contribution in [0.25, 0.3) is 0 Å². The van der Waals surface area contributed by atoms with Gasteiger partial charge >= 0.3 is 0 Å². The van der Waals surface area contributed by atoms with Gasteiger partial charge < -0.3 is 15.7 Å². The van der Waals surface area contributed by atoms with E-state index in [4.69, 9.17) is 5.11 Å². The number of aliphatic hydroxyl groups is 1. The van der Waals surface area contributed by atoms with Crippen LogP contribution in [-0.2, 0) is 4.79 Å². The molecule has 1 atom stereocenters. The minimum Gasteiger partial charge on any atom is -0.396 e. The molecule has 0 saturated carbocycles. The molecule has 0 radical (unpaired) electrons. The molecule has 1 heterocycles. The van der Waals surface area contributed by atoms with E-state index in [-0.39, 0.29) is 24.5 Å². The molecule has 0 spiro atoms. The zero-order valence-electron chi connectivity index (χ0n) is 7.34. The first-order valence-corrected chi connectivity index (χ1v) is 4.36. The van der Waals surface area contributed by atoms with E-state index in [0.717, 1.165) is 13.1 Å². The summed E-state index contributed by atoms with van der Waals surface area (Å²) in [6, 6.07) is 0.0862. The fourth-order valence-electron chi connectivity index (χ4n) is 1.10. The zero-order valence-corrected chi connectivity index (χ0v) is 7.34. The van der Waals surface area contributed by atoms with Gasteiger partial charge in [0.15, 0.2) is 0 Å². The highest BCUT2D eigenvalue weighted by Gasteiger charge is 2.25. The lowest BCUT2D eigenvalue weighted by Gasteiger charge is -2.27. The normalized spacial score (nSPS) is 19.8. The number of hydrogen-bond donors (Lipinski definition) is 3. The predicted molar refractivity (Wildman–Crippen MR) is 45.7 cm³/mol. The third-order valence-electron chi connectivity index (χ3n) is 2.10. The largest absolute Gasteiger partial charge is 0.396 e. The van der Waals surface area contributed by atoms with Gasteiger partial charge in [0.1, 0.15) is 0 Å². The van der Waals surface area contributed by atoms with Gasteiger partial charge in [0, 0.05) is 25.7 Å². The quantitative estimate of drug-likeness (QED) is 0.514. The molecule has 0 aliphatic carbocycles. The van der Waals surface area contributed by atoms with Crippen LogP contribution in [0, 0.1) is 5.92 Å². The maximum atomic E-state index is 11.3. The molecule has 4 nitrogen and oxygen atoms in total. The summed E-state index contributed by atoms with van der Waals surface area (Å²) >= 11 is 0. The van der Waals surface area contributed by atoms with Crippen molar-refractivity contribution in [3.63, 3.8) is 0 Å². The summed E-state index contributed by atoms with van der Waals surface area (Å²) in [5, 5.41) is 14.5. The summed E-state index contributed by atoms with van der Waals surface area (Å²) in [5.41, 5.74) is 0. The number of amides is 1. The highest BCUT2D eigenvalue weighted by Crippen LogP contribution is 2.03. The maximum absolute atomic E-state index is 11.3. The van der Waals surface area contributed by atoms with Crippen molar-refractivity contribution < 1.29 is 9.90 Å². The molecule has 3 N–H and O–H groups in total.